The van der Waals surface area contributed by atoms with Crippen molar-refractivity contribution in [2.75, 3.05) is 13.2 Å². The van der Waals surface area contributed by atoms with Gasteiger partial charge < -0.3 is 9.84 Å². The van der Waals surface area contributed by atoms with Gasteiger partial charge in [0, 0.05) is 13.2 Å². The summed E-state index contributed by atoms with van der Waals surface area (Å²) < 4.78 is 5.29. The van der Waals surface area contributed by atoms with Gasteiger partial charge in [0.1, 0.15) is 0 Å². The lowest BCUT2D eigenvalue weighted by molar-refractivity contribution is -0.0310. The van der Waals surface area contributed by atoms with Crippen LogP contribution >= 0.6 is 0 Å². The van der Waals surface area contributed by atoms with Crippen molar-refractivity contribution in [2.45, 2.75) is 32.8 Å². The van der Waals surface area contributed by atoms with E-state index in [2.05, 4.69) is 6.07 Å². The first-order valence-corrected chi connectivity index (χ1v) is 6.33. The molecule has 0 aliphatic carbocycles. The Bertz CT molecular complexity index is 470. The van der Waals surface area contributed by atoms with Crippen LogP contribution in [0.25, 0.3) is 0 Å². The Morgan fingerprint density at radius 1 is 1.28 bits per heavy atom. The molecule has 0 bridgehead atoms. The summed E-state index contributed by atoms with van der Waals surface area (Å²) in [6, 6.07) is 8.22. The van der Waals surface area contributed by atoms with Crippen molar-refractivity contribution < 1.29 is 9.84 Å². The molecule has 18 heavy (non-hydrogen) atoms. The van der Waals surface area contributed by atoms with Crippen LogP contribution < -0.4 is 0 Å². The predicted molar refractivity (Wildman–Crippen MR) is 69.0 cm³/mol. The van der Waals surface area contributed by atoms with E-state index in [9.17, 15) is 10.4 Å². The number of aliphatic hydroxyl groups excluding tert-OH is 1. The van der Waals surface area contributed by atoms with Crippen molar-refractivity contribution in [3.8, 4) is 6.07 Å². The van der Waals surface area contributed by atoms with Crippen molar-refractivity contribution in [3.05, 3.63) is 34.9 Å². The highest BCUT2D eigenvalue weighted by Crippen LogP contribution is 2.42. The van der Waals surface area contributed by atoms with E-state index in [1.807, 2.05) is 32.0 Å². The smallest absolute Gasteiger partial charge is 0.0978 e. The number of benzene rings is 1. The molecule has 1 aliphatic rings. The molecule has 1 unspecified atom stereocenters. The third-order valence-corrected chi connectivity index (χ3v) is 3.98. The molecule has 1 saturated heterocycles. The molecule has 1 heterocycles. The van der Waals surface area contributed by atoms with Crippen LogP contribution in [0.15, 0.2) is 18.2 Å². The van der Waals surface area contributed by atoms with E-state index < -0.39 is 11.5 Å². The molecule has 3 nitrogen and oxygen atoms in total. The highest BCUT2D eigenvalue weighted by molar-refractivity contribution is 5.33. The lowest BCUT2D eigenvalue weighted by atomic mass is 9.74. The number of hydrogen-bond acceptors (Lipinski definition) is 3. The van der Waals surface area contributed by atoms with Crippen molar-refractivity contribution in [3.63, 3.8) is 0 Å². The Hall–Kier alpha value is -1.37. The molecule has 1 aromatic rings. The second kappa shape index (κ2) is 5.09. The maximum Gasteiger partial charge on any atom is 0.0978 e. The van der Waals surface area contributed by atoms with E-state index >= 15 is 0 Å². The van der Waals surface area contributed by atoms with Gasteiger partial charge in [-0.1, -0.05) is 18.2 Å². The summed E-state index contributed by atoms with van der Waals surface area (Å²) in [5.41, 5.74) is 2.48. The average Bonchev–Trinajstić information content (AvgIpc) is 2.42. The second-order valence-corrected chi connectivity index (χ2v) is 5.13. The number of aliphatic hydroxyl groups is 1. The summed E-state index contributed by atoms with van der Waals surface area (Å²) in [6.45, 7) is 5.17. The Kier molecular flexibility index (Phi) is 3.70. The lowest BCUT2D eigenvalue weighted by Gasteiger charge is -2.35. The third kappa shape index (κ3) is 2.27. The fourth-order valence-electron chi connectivity index (χ4n) is 2.44. The van der Waals surface area contributed by atoms with Gasteiger partial charge in [0.05, 0.1) is 17.6 Å². The summed E-state index contributed by atoms with van der Waals surface area (Å²) in [7, 11) is 0. The van der Waals surface area contributed by atoms with Crippen molar-refractivity contribution in [1.29, 1.82) is 5.26 Å². The zero-order valence-electron chi connectivity index (χ0n) is 10.9. The number of nitrogens with zero attached hydrogens (tertiary/aromatic N) is 1. The Balaban J connectivity index is 2.31. The number of rotatable bonds is 2. The number of ether oxygens (including phenoxy) is 1. The van der Waals surface area contributed by atoms with Gasteiger partial charge in [-0.2, -0.15) is 5.26 Å². The molecule has 0 aromatic heterocycles. The first kappa shape index (κ1) is 13.1. The fraction of sp³-hybridized carbons (Fsp3) is 0.533. The highest BCUT2D eigenvalue weighted by atomic mass is 16.5. The minimum absolute atomic E-state index is 0.551. The normalized spacial score (nSPS) is 20.1. The van der Waals surface area contributed by atoms with Crippen LogP contribution in [0.1, 0.15) is 35.6 Å². The molecule has 1 N–H and O–H groups in total. The monoisotopic (exact) mass is 245 g/mol. The first-order valence-electron chi connectivity index (χ1n) is 6.33. The number of nitriles is 1. The van der Waals surface area contributed by atoms with Crippen molar-refractivity contribution in [2.24, 2.45) is 5.41 Å². The minimum Gasteiger partial charge on any atom is -0.387 e. The minimum atomic E-state index is -0.731. The zero-order valence-corrected chi connectivity index (χ0v) is 10.9. The van der Waals surface area contributed by atoms with E-state index in [4.69, 9.17) is 4.74 Å². The van der Waals surface area contributed by atoms with E-state index in [1.165, 1.54) is 5.56 Å². The van der Waals surface area contributed by atoms with Crippen LogP contribution in [0.3, 0.4) is 0 Å². The Labute approximate surface area is 108 Å². The molecular weight excluding hydrogens is 226 g/mol. The predicted octanol–water partition coefficient (Wildman–Crippen LogP) is 2.66. The Morgan fingerprint density at radius 3 is 2.50 bits per heavy atom. The molecule has 0 amide bonds. The SMILES string of the molecule is Cc1ccc(C(O)C2(C#N)CCOCC2)cc1C. The van der Waals surface area contributed by atoms with Crippen LogP contribution in [-0.4, -0.2) is 18.3 Å². The van der Waals surface area contributed by atoms with Gasteiger partial charge in [0.25, 0.3) is 0 Å². The third-order valence-electron chi connectivity index (χ3n) is 3.98. The quantitative estimate of drug-likeness (QED) is 0.871. The molecule has 1 atom stereocenters. The van der Waals surface area contributed by atoms with E-state index in [-0.39, 0.29) is 0 Å². The summed E-state index contributed by atoms with van der Waals surface area (Å²) in [5, 5.41) is 20.0. The van der Waals surface area contributed by atoms with Gasteiger partial charge in [0.15, 0.2) is 0 Å². The molecule has 2 rings (SSSR count). The fourth-order valence-corrected chi connectivity index (χ4v) is 2.44. The van der Waals surface area contributed by atoms with Gasteiger partial charge >= 0.3 is 0 Å². The topological polar surface area (TPSA) is 53.2 Å². The zero-order chi connectivity index (χ0) is 13.2. The number of hydrogen-bond donors (Lipinski definition) is 1. The summed E-state index contributed by atoms with van der Waals surface area (Å²) >= 11 is 0. The van der Waals surface area contributed by atoms with Gasteiger partial charge in [0.2, 0.25) is 0 Å². The van der Waals surface area contributed by atoms with Crippen molar-refractivity contribution in [1.82, 2.24) is 0 Å². The molecule has 1 aliphatic heterocycles. The summed E-state index contributed by atoms with van der Waals surface area (Å²) in [5.74, 6) is 0. The van der Waals surface area contributed by atoms with Gasteiger partial charge in [-0.15, -0.1) is 0 Å². The summed E-state index contributed by atoms with van der Waals surface area (Å²) in [6.07, 6.45) is 0.459. The summed E-state index contributed by atoms with van der Waals surface area (Å²) in [4.78, 5) is 0. The molecule has 0 saturated carbocycles. The van der Waals surface area contributed by atoms with E-state index in [0.29, 0.717) is 26.1 Å². The molecule has 3 heteroatoms. The first-order chi connectivity index (χ1) is 8.59. The molecule has 1 fully saturated rings. The molecule has 96 valence electrons. The maximum absolute atomic E-state index is 10.5. The lowest BCUT2D eigenvalue weighted by Crippen LogP contribution is -2.34. The van der Waals surface area contributed by atoms with E-state index in [0.717, 1.165) is 11.1 Å². The van der Waals surface area contributed by atoms with Crippen LogP contribution in [0.2, 0.25) is 0 Å². The second-order valence-electron chi connectivity index (χ2n) is 5.13. The van der Waals surface area contributed by atoms with E-state index in [1.54, 1.807) is 0 Å². The van der Waals surface area contributed by atoms with Crippen LogP contribution in [0.4, 0.5) is 0 Å². The highest BCUT2D eigenvalue weighted by Gasteiger charge is 2.40. The molecule has 0 radical (unpaired) electrons. The van der Waals surface area contributed by atoms with Crippen molar-refractivity contribution >= 4 is 0 Å². The number of aryl methyl sites for hydroxylation is 2. The largest absolute Gasteiger partial charge is 0.387 e. The van der Waals surface area contributed by atoms with Crippen LogP contribution in [0, 0.1) is 30.6 Å². The van der Waals surface area contributed by atoms with Gasteiger partial charge in [-0.3, -0.25) is 0 Å². The standard InChI is InChI=1S/C15H19NO2/c1-11-3-4-13(9-12(11)2)14(17)15(10-16)5-7-18-8-6-15/h3-4,9,14,17H,5-8H2,1-2H3. The molecule has 1 aromatic carbocycles. The van der Waals surface area contributed by atoms with Crippen LogP contribution in [-0.2, 0) is 4.74 Å². The molecule has 0 spiro atoms. The van der Waals surface area contributed by atoms with Crippen LogP contribution in [0.5, 0.6) is 0 Å². The van der Waals surface area contributed by atoms with Gasteiger partial charge in [-0.25, -0.2) is 0 Å². The average molecular weight is 245 g/mol. The molecular formula is C15H19NO2. The Morgan fingerprint density at radius 2 is 1.94 bits per heavy atom. The van der Waals surface area contributed by atoms with Gasteiger partial charge in [-0.05, 0) is 43.4 Å². The maximum atomic E-state index is 10.5.